The summed E-state index contributed by atoms with van der Waals surface area (Å²) in [5, 5.41) is 3.85. The smallest absolute Gasteiger partial charge is 0.200 e. The lowest BCUT2D eigenvalue weighted by molar-refractivity contribution is -0.141. The van der Waals surface area contributed by atoms with Crippen LogP contribution in [0.5, 0.6) is 0 Å². The predicted molar refractivity (Wildman–Crippen MR) is 95.4 cm³/mol. The molecule has 1 heterocycles. The van der Waals surface area contributed by atoms with Crippen molar-refractivity contribution in [2.24, 2.45) is 0 Å². The van der Waals surface area contributed by atoms with Gasteiger partial charge >= 0.3 is 6.18 Å². The Morgan fingerprint density at radius 2 is 1.63 bits per heavy atom. The number of aromatic nitrogens is 2. The van der Waals surface area contributed by atoms with Crippen LogP contribution in [-0.2, 0) is 16.2 Å². The van der Waals surface area contributed by atoms with E-state index in [1.54, 1.807) is 6.07 Å². The van der Waals surface area contributed by atoms with E-state index in [1.807, 2.05) is 0 Å². The van der Waals surface area contributed by atoms with E-state index in [0.29, 0.717) is 15.4 Å². The molecule has 0 aliphatic heterocycles. The van der Waals surface area contributed by atoms with Crippen molar-refractivity contribution in [2.75, 3.05) is 4.83 Å². The minimum atomic E-state index is -4.74. The summed E-state index contributed by atoms with van der Waals surface area (Å²) in [6.45, 7) is 1.23. The lowest BCUT2D eigenvalue weighted by Gasteiger charge is -2.12. The molecule has 0 radical (unpaired) electrons. The maximum absolute atomic E-state index is 13.3. The van der Waals surface area contributed by atoms with E-state index < -0.39 is 21.9 Å². The van der Waals surface area contributed by atoms with Gasteiger partial charge in [-0.1, -0.05) is 41.9 Å². The summed E-state index contributed by atoms with van der Waals surface area (Å²) in [5.74, 6) is 0. The van der Waals surface area contributed by atoms with Gasteiger partial charge in [-0.3, -0.25) is 0 Å². The van der Waals surface area contributed by atoms with Crippen molar-refractivity contribution in [2.45, 2.75) is 18.0 Å². The first-order valence-electron chi connectivity index (χ1n) is 7.60. The normalized spacial score (nSPS) is 12.2. The highest BCUT2D eigenvalue weighted by Crippen LogP contribution is 2.36. The molecule has 1 N–H and O–H groups in total. The third kappa shape index (κ3) is 3.93. The van der Waals surface area contributed by atoms with Gasteiger partial charge in [-0.25, -0.2) is 0 Å². The molecule has 0 saturated heterocycles. The van der Waals surface area contributed by atoms with Gasteiger partial charge < -0.3 is 0 Å². The maximum atomic E-state index is 13.3. The number of hydrogen-bond acceptors (Lipinski definition) is 3. The van der Waals surface area contributed by atoms with Crippen LogP contribution in [0.2, 0.25) is 5.02 Å². The second kappa shape index (κ2) is 6.90. The fourth-order valence-electron chi connectivity index (χ4n) is 2.54. The molecule has 0 unspecified atom stereocenters. The van der Waals surface area contributed by atoms with Gasteiger partial charge in [0.15, 0.2) is 5.69 Å². The summed E-state index contributed by atoms with van der Waals surface area (Å²) in [4.78, 5) is 2.62. The molecule has 2 aromatic carbocycles. The van der Waals surface area contributed by atoms with Gasteiger partial charge in [0.05, 0.1) is 10.6 Å². The number of benzene rings is 2. The van der Waals surface area contributed by atoms with Gasteiger partial charge in [0, 0.05) is 16.1 Å². The van der Waals surface area contributed by atoms with Crippen LogP contribution in [0.25, 0.3) is 11.3 Å². The van der Waals surface area contributed by atoms with Crippen LogP contribution in [-0.4, -0.2) is 18.3 Å². The van der Waals surface area contributed by atoms with E-state index in [1.165, 1.54) is 55.5 Å². The molecule has 5 nitrogen and oxygen atoms in total. The Labute approximate surface area is 158 Å². The molecule has 142 valence electrons. The molecule has 0 atom stereocenters. The number of nitrogens with zero attached hydrogens (tertiary/aromatic N) is 2. The van der Waals surface area contributed by atoms with E-state index in [0.717, 1.165) is 0 Å². The highest BCUT2D eigenvalue weighted by Gasteiger charge is 2.38. The molecule has 3 aromatic rings. The number of nitrogens with one attached hydrogen (secondary N) is 1. The highest BCUT2D eigenvalue weighted by atomic mass is 35.5. The fourth-order valence-corrected chi connectivity index (χ4v) is 3.65. The average molecular weight is 416 g/mol. The number of alkyl halides is 3. The molecule has 1 aromatic heterocycles. The Hall–Kier alpha value is -2.52. The molecule has 0 fully saturated rings. The molecule has 0 amide bonds. The first kappa shape index (κ1) is 19.2. The monoisotopic (exact) mass is 415 g/mol. The number of rotatable bonds is 4. The molecule has 0 bridgehead atoms. The summed E-state index contributed by atoms with van der Waals surface area (Å²) < 4.78 is 65.0. The standard InChI is InChI=1S/C17H13ClF3N3O2S/c1-11-15(12-7-9-13(18)10-8-12)24(22-16(11)17(19,20)21)23-27(25,26)14-5-3-2-4-6-14/h2-10,23H,1H3. The fraction of sp³-hybridized carbons (Fsp3) is 0.118. The van der Waals surface area contributed by atoms with Crippen molar-refractivity contribution >= 4 is 21.6 Å². The molecular weight excluding hydrogens is 403 g/mol. The Bertz CT molecular complexity index is 1060. The Kier molecular flexibility index (Phi) is 4.92. The van der Waals surface area contributed by atoms with E-state index in [4.69, 9.17) is 11.6 Å². The van der Waals surface area contributed by atoms with Gasteiger partial charge in [0.1, 0.15) is 0 Å². The summed E-state index contributed by atoms with van der Waals surface area (Å²) in [6, 6.07) is 13.2. The second-order valence-corrected chi connectivity index (χ2v) is 7.74. The summed E-state index contributed by atoms with van der Waals surface area (Å²) >= 11 is 5.83. The first-order chi connectivity index (χ1) is 12.6. The molecule has 0 saturated carbocycles. The van der Waals surface area contributed by atoms with Crippen molar-refractivity contribution in [1.82, 2.24) is 9.89 Å². The SMILES string of the molecule is Cc1c(C(F)(F)F)nn(NS(=O)(=O)c2ccccc2)c1-c1ccc(Cl)cc1. The molecule has 3 rings (SSSR count). The third-order valence-corrected chi connectivity index (χ3v) is 5.33. The van der Waals surface area contributed by atoms with Gasteiger partial charge in [0.2, 0.25) is 0 Å². The van der Waals surface area contributed by atoms with Crippen LogP contribution in [0.1, 0.15) is 11.3 Å². The Balaban J connectivity index is 2.16. The zero-order valence-electron chi connectivity index (χ0n) is 13.8. The van der Waals surface area contributed by atoms with Crippen molar-refractivity contribution in [1.29, 1.82) is 0 Å². The van der Waals surface area contributed by atoms with E-state index in [-0.39, 0.29) is 16.2 Å². The molecule has 0 aliphatic carbocycles. The summed E-state index contributed by atoms with van der Waals surface area (Å²) in [6.07, 6.45) is -4.74. The van der Waals surface area contributed by atoms with Crippen LogP contribution in [0.4, 0.5) is 13.2 Å². The first-order valence-corrected chi connectivity index (χ1v) is 9.46. The van der Waals surface area contributed by atoms with E-state index >= 15 is 0 Å². The maximum Gasteiger partial charge on any atom is 0.435 e. The topological polar surface area (TPSA) is 64.0 Å². The second-order valence-electron chi connectivity index (χ2n) is 5.65. The van der Waals surface area contributed by atoms with Crippen LogP contribution in [0.3, 0.4) is 0 Å². The van der Waals surface area contributed by atoms with Gasteiger partial charge in [-0.05, 0) is 31.2 Å². The van der Waals surface area contributed by atoms with Crippen molar-refractivity contribution in [3.05, 3.63) is 70.9 Å². The van der Waals surface area contributed by atoms with Gasteiger partial charge in [-0.2, -0.15) is 31.2 Å². The molecular formula is C17H13ClF3N3O2S. The van der Waals surface area contributed by atoms with Crippen molar-refractivity contribution in [3.63, 3.8) is 0 Å². The lowest BCUT2D eigenvalue weighted by atomic mass is 10.1. The third-order valence-electron chi connectivity index (χ3n) is 3.77. The molecule has 10 heteroatoms. The summed E-state index contributed by atoms with van der Waals surface area (Å²) in [5.41, 5.74) is -1.09. The molecule has 27 heavy (non-hydrogen) atoms. The quantitative estimate of drug-likeness (QED) is 0.684. The molecule has 0 aliphatic rings. The van der Waals surface area contributed by atoms with Gasteiger partial charge in [0.25, 0.3) is 10.0 Å². The predicted octanol–water partition coefficient (Wildman–Crippen LogP) is 4.46. The number of halogens is 4. The van der Waals surface area contributed by atoms with Crippen molar-refractivity contribution in [3.8, 4) is 11.3 Å². The largest absolute Gasteiger partial charge is 0.435 e. The van der Waals surface area contributed by atoms with Crippen LogP contribution in [0.15, 0.2) is 59.5 Å². The van der Waals surface area contributed by atoms with Crippen LogP contribution >= 0.6 is 11.6 Å². The average Bonchev–Trinajstić information content (AvgIpc) is 2.92. The zero-order chi connectivity index (χ0) is 19.8. The Morgan fingerprint density at radius 1 is 1.04 bits per heavy atom. The molecule has 0 spiro atoms. The van der Waals surface area contributed by atoms with E-state index in [9.17, 15) is 21.6 Å². The van der Waals surface area contributed by atoms with E-state index in [2.05, 4.69) is 9.93 Å². The zero-order valence-corrected chi connectivity index (χ0v) is 15.4. The highest BCUT2D eigenvalue weighted by molar-refractivity contribution is 7.92. The number of sulfonamides is 1. The van der Waals surface area contributed by atoms with Gasteiger partial charge in [-0.15, -0.1) is 5.10 Å². The van der Waals surface area contributed by atoms with Crippen molar-refractivity contribution < 1.29 is 21.6 Å². The Morgan fingerprint density at radius 3 is 2.19 bits per heavy atom. The van der Waals surface area contributed by atoms with Crippen LogP contribution in [0, 0.1) is 6.92 Å². The number of hydrogen-bond donors (Lipinski definition) is 1. The summed E-state index contributed by atoms with van der Waals surface area (Å²) in [7, 11) is -4.14. The minimum Gasteiger partial charge on any atom is -0.200 e. The minimum absolute atomic E-state index is 0.0292. The lowest BCUT2D eigenvalue weighted by Crippen LogP contribution is -2.25. The van der Waals surface area contributed by atoms with Crippen LogP contribution < -0.4 is 4.83 Å².